The highest BCUT2D eigenvalue weighted by atomic mass is 35.5. The lowest BCUT2D eigenvalue weighted by Crippen LogP contribution is -2.29. The Morgan fingerprint density at radius 1 is 1.32 bits per heavy atom. The van der Waals surface area contributed by atoms with Gasteiger partial charge in [0.25, 0.3) is 5.91 Å². The molecule has 0 radical (unpaired) electrons. The Balaban J connectivity index is 1.56. The van der Waals surface area contributed by atoms with Crippen molar-refractivity contribution >= 4 is 28.4 Å². The summed E-state index contributed by atoms with van der Waals surface area (Å²) in [7, 11) is 0. The predicted octanol–water partition coefficient (Wildman–Crippen LogP) is 4.40. The van der Waals surface area contributed by atoms with Crippen molar-refractivity contribution in [3.05, 3.63) is 59.3 Å². The van der Waals surface area contributed by atoms with E-state index in [-0.39, 0.29) is 11.8 Å². The van der Waals surface area contributed by atoms with E-state index in [1.54, 1.807) is 18.6 Å². The first-order chi connectivity index (χ1) is 15.0. The number of amides is 1. The maximum atomic E-state index is 13.2. The van der Waals surface area contributed by atoms with Gasteiger partial charge in [0.2, 0.25) is 0 Å². The van der Waals surface area contributed by atoms with Crippen LogP contribution in [0.25, 0.3) is 10.9 Å². The zero-order chi connectivity index (χ0) is 21.8. The molecule has 164 valence electrons. The van der Waals surface area contributed by atoms with Crippen LogP contribution < -0.4 is 10.6 Å². The lowest BCUT2D eigenvalue weighted by Gasteiger charge is -2.19. The molecule has 7 heteroatoms. The van der Waals surface area contributed by atoms with Crippen LogP contribution in [0.3, 0.4) is 0 Å². The summed E-state index contributed by atoms with van der Waals surface area (Å²) in [6, 6.07) is 4.43. The second kappa shape index (κ2) is 9.79. The van der Waals surface area contributed by atoms with Crippen LogP contribution in [-0.4, -0.2) is 39.6 Å². The number of nitrogens with one attached hydrogen (secondary N) is 2. The molecular weight excluding hydrogens is 410 g/mol. The van der Waals surface area contributed by atoms with E-state index < -0.39 is 0 Å². The molecule has 1 aliphatic heterocycles. The van der Waals surface area contributed by atoms with Gasteiger partial charge in [0.1, 0.15) is 0 Å². The molecule has 1 aliphatic rings. The molecule has 0 aromatic carbocycles. The SMILES string of the molecule is CC(C)CC(CNC(=O)c1cn(C[C@@H]2CCCN2)c2cncc(Cl)c12)c1cccnc1. The highest BCUT2D eigenvalue weighted by Crippen LogP contribution is 2.29. The Hall–Kier alpha value is -2.44. The molecule has 1 fully saturated rings. The maximum Gasteiger partial charge on any atom is 0.253 e. The Kier molecular flexibility index (Phi) is 6.88. The van der Waals surface area contributed by atoms with Gasteiger partial charge < -0.3 is 15.2 Å². The Labute approximate surface area is 188 Å². The van der Waals surface area contributed by atoms with Crippen LogP contribution in [0.4, 0.5) is 0 Å². The third kappa shape index (κ3) is 5.08. The topological polar surface area (TPSA) is 71.8 Å². The fourth-order valence-corrected chi connectivity index (χ4v) is 4.76. The monoisotopic (exact) mass is 439 g/mol. The van der Waals surface area contributed by atoms with E-state index in [0.717, 1.165) is 42.4 Å². The van der Waals surface area contributed by atoms with E-state index in [0.29, 0.717) is 29.1 Å². The number of aromatic nitrogens is 3. The summed E-state index contributed by atoms with van der Waals surface area (Å²) in [5.74, 6) is 0.628. The van der Waals surface area contributed by atoms with Crippen LogP contribution in [0.5, 0.6) is 0 Å². The van der Waals surface area contributed by atoms with E-state index in [1.165, 1.54) is 6.42 Å². The lowest BCUT2D eigenvalue weighted by atomic mass is 9.91. The molecule has 0 spiro atoms. The van der Waals surface area contributed by atoms with Crippen LogP contribution in [-0.2, 0) is 6.54 Å². The highest BCUT2D eigenvalue weighted by Gasteiger charge is 2.22. The van der Waals surface area contributed by atoms with Crippen molar-refractivity contribution in [3.63, 3.8) is 0 Å². The second-order valence-corrected chi connectivity index (χ2v) is 9.23. The molecule has 1 saturated heterocycles. The molecule has 2 atom stereocenters. The molecule has 0 saturated carbocycles. The van der Waals surface area contributed by atoms with Gasteiger partial charge in [-0.3, -0.25) is 14.8 Å². The van der Waals surface area contributed by atoms with E-state index in [9.17, 15) is 4.79 Å². The van der Waals surface area contributed by atoms with Crippen LogP contribution in [0.1, 0.15) is 54.9 Å². The van der Waals surface area contributed by atoms with Gasteiger partial charge in [-0.2, -0.15) is 0 Å². The van der Waals surface area contributed by atoms with E-state index in [1.807, 2.05) is 18.5 Å². The minimum atomic E-state index is -0.103. The van der Waals surface area contributed by atoms with Gasteiger partial charge in [0.15, 0.2) is 0 Å². The molecule has 0 bridgehead atoms. The summed E-state index contributed by atoms with van der Waals surface area (Å²) in [5, 5.41) is 7.95. The molecule has 3 aromatic rings. The number of nitrogens with zero attached hydrogens (tertiary/aromatic N) is 3. The fourth-order valence-electron chi connectivity index (χ4n) is 4.51. The van der Waals surface area contributed by atoms with Gasteiger partial charge in [-0.1, -0.05) is 31.5 Å². The molecule has 1 unspecified atom stereocenters. The van der Waals surface area contributed by atoms with Crippen LogP contribution in [0.2, 0.25) is 5.02 Å². The molecule has 31 heavy (non-hydrogen) atoms. The smallest absolute Gasteiger partial charge is 0.253 e. The zero-order valence-electron chi connectivity index (χ0n) is 18.1. The van der Waals surface area contributed by atoms with Gasteiger partial charge in [0.05, 0.1) is 22.3 Å². The van der Waals surface area contributed by atoms with Gasteiger partial charge >= 0.3 is 0 Å². The maximum absolute atomic E-state index is 13.2. The standard InChI is InChI=1S/C24H30ClN5O/c1-16(2)9-18(17-5-3-7-26-10-17)11-29-24(31)20-15-30(14-19-6-4-8-28-19)22-13-27-12-21(25)23(20)22/h3,5,7,10,12-13,15-16,18-19,28H,4,6,8-9,11,14H2,1-2H3,(H,29,31)/t18?,19-/m0/s1. The van der Waals surface area contributed by atoms with Crippen LogP contribution in [0, 0.1) is 5.92 Å². The van der Waals surface area contributed by atoms with Gasteiger partial charge in [-0.25, -0.2) is 0 Å². The number of carbonyl (C=O) groups excluding carboxylic acids is 1. The van der Waals surface area contributed by atoms with Crippen LogP contribution in [0.15, 0.2) is 43.1 Å². The summed E-state index contributed by atoms with van der Waals surface area (Å²) in [6.45, 7) is 6.80. The van der Waals surface area contributed by atoms with Crippen molar-refractivity contribution in [2.45, 2.75) is 51.6 Å². The van der Waals surface area contributed by atoms with Crippen LogP contribution >= 0.6 is 11.6 Å². The van der Waals surface area contributed by atoms with Gasteiger partial charge in [-0.15, -0.1) is 0 Å². The van der Waals surface area contributed by atoms with Crippen molar-refractivity contribution in [1.82, 2.24) is 25.2 Å². The van der Waals surface area contributed by atoms with Crippen molar-refractivity contribution in [2.75, 3.05) is 13.1 Å². The number of halogens is 1. The van der Waals surface area contributed by atoms with Gasteiger partial charge in [0, 0.05) is 55.2 Å². The third-order valence-corrected chi connectivity index (χ3v) is 6.27. The minimum absolute atomic E-state index is 0.103. The molecule has 2 N–H and O–H groups in total. The minimum Gasteiger partial charge on any atom is -0.351 e. The Morgan fingerprint density at radius 2 is 2.19 bits per heavy atom. The first-order valence-electron chi connectivity index (χ1n) is 11.1. The average Bonchev–Trinajstić information content (AvgIpc) is 3.40. The first kappa shape index (κ1) is 21.8. The fraction of sp³-hybridized carbons (Fsp3) is 0.458. The summed E-state index contributed by atoms with van der Waals surface area (Å²) in [5.41, 5.74) is 2.65. The number of fused-ring (bicyclic) bond motifs is 1. The molecule has 1 amide bonds. The summed E-state index contributed by atoms with van der Waals surface area (Å²) >= 11 is 6.48. The second-order valence-electron chi connectivity index (χ2n) is 8.83. The first-order valence-corrected chi connectivity index (χ1v) is 11.4. The summed E-state index contributed by atoms with van der Waals surface area (Å²) in [6.07, 6.45) is 12.3. The highest BCUT2D eigenvalue weighted by molar-refractivity contribution is 6.36. The number of hydrogen-bond donors (Lipinski definition) is 2. The molecule has 3 aromatic heterocycles. The average molecular weight is 440 g/mol. The molecular formula is C24H30ClN5O. The summed E-state index contributed by atoms with van der Waals surface area (Å²) in [4.78, 5) is 21.8. The van der Waals surface area contributed by atoms with E-state index >= 15 is 0 Å². The number of hydrogen-bond acceptors (Lipinski definition) is 4. The van der Waals surface area contributed by atoms with E-state index in [2.05, 4.69) is 45.1 Å². The number of carbonyl (C=O) groups is 1. The molecule has 4 rings (SSSR count). The summed E-state index contributed by atoms with van der Waals surface area (Å²) < 4.78 is 2.11. The quantitative estimate of drug-likeness (QED) is 0.545. The Bertz CT molecular complexity index is 1030. The lowest BCUT2D eigenvalue weighted by molar-refractivity contribution is 0.0951. The van der Waals surface area contributed by atoms with E-state index in [4.69, 9.17) is 11.6 Å². The Morgan fingerprint density at radius 3 is 2.90 bits per heavy atom. The van der Waals surface area contributed by atoms with Crippen molar-refractivity contribution < 1.29 is 4.79 Å². The van der Waals surface area contributed by atoms with Crippen molar-refractivity contribution in [2.24, 2.45) is 5.92 Å². The van der Waals surface area contributed by atoms with Crippen molar-refractivity contribution in [3.8, 4) is 0 Å². The van der Waals surface area contributed by atoms with Crippen molar-refractivity contribution in [1.29, 1.82) is 0 Å². The van der Waals surface area contributed by atoms with Gasteiger partial charge in [-0.05, 0) is 43.4 Å². The number of pyridine rings is 2. The largest absolute Gasteiger partial charge is 0.351 e. The molecule has 4 heterocycles. The molecule has 0 aliphatic carbocycles. The zero-order valence-corrected chi connectivity index (χ0v) is 18.9. The number of rotatable bonds is 8. The third-order valence-electron chi connectivity index (χ3n) is 5.99. The normalized spacial score (nSPS) is 17.4. The molecule has 6 nitrogen and oxygen atoms in total. The predicted molar refractivity (Wildman–Crippen MR) is 125 cm³/mol.